The molecule has 0 radical (unpaired) electrons. The molecule has 2 aromatic rings. The molecule has 1 saturated carbocycles. The van der Waals surface area contributed by atoms with E-state index in [-0.39, 0.29) is 29.9 Å². The molecule has 1 aliphatic heterocycles. The summed E-state index contributed by atoms with van der Waals surface area (Å²) in [5.74, 6) is 1.22. The number of hydrogen-bond donors (Lipinski definition) is 2. The van der Waals surface area contributed by atoms with Crippen LogP contribution >= 0.6 is 0 Å². The topological polar surface area (TPSA) is 105 Å². The zero-order valence-electron chi connectivity index (χ0n) is 17.9. The van der Waals surface area contributed by atoms with Crippen LogP contribution < -0.4 is 10.1 Å². The molecule has 8 nitrogen and oxygen atoms in total. The van der Waals surface area contributed by atoms with Crippen molar-refractivity contribution in [3.8, 4) is 17.0 Å². The molecule has 31 heavy (non-hydrogen) atoms. The second-order valence-electron chi connectivity index (χ2n) is 8.39. The van der Waals surface area contributed by atoms with Gasteiger partial charge in [-0.25, -0.2) is 9.97 Å². The lowest BCUT2D eigenvalue weighted by Crippen LogP contribution is -2.48. The van der Waals surface area contributed by atoms with E-state index >= 15 is 0 Å². The van der Waals surface area contributed by atoms with E-state index in [0.29, 0.717) is 12.4 Å². The van der Waals surface area contributed by atoms with Gasteiger partial charge in [-0.2, -0.15) is 0 Å². The lowest BCUT2D eigenvalue weighted by molar-refractivity contribution is -0.138. The lowest BCUT2D eigenvalue weighted by atomic mass is 10.00. The van der Waals surface area contributed by atoms with Crippen molar-refractivity contribution < 1.29 is 19.4 Å². The normalized spacial score (nSPS) is 20.9. The van der Waals surface area contributed by atoms with E-state index in [4.69, 9.17) is 9.84 Å². The maximum Gasteiger partial charge on any atom is 0.248 e. The third kappa shape index (κ3) is 5.02. The average molecular weight is 425 g/mol. The number of aromatic nitrogens is 2. The van der Waals surface area contributed by atoms with E-state index < -0.39 is 6.61 Å². The summed E-state index contributed by atoms with van der Waals surface area (Å²) in [5.41, 5.74) is 2.65. The van der Waals surface area contributed by atoms with Crippen molar-refractivity contribution in [1.29, 1.82) is 0 Å². The van der Waals surface area contributed by atoms with Gasteiger partial charge in [-0.15, -0.1) is 0 Å². The van der Waals surface area contributed by atoms with Crippen LogP contribution in [0.15, 0.2) is 30.6 Å². The van der Waals surface area contributed by atoms with E-state index in [0.717, 1.165) is 48.3 Å². The van der Waals surface area contributed by atoms with Gasteiger partial charge in [0, 0.05) is 43.0 Å². The molecule has 2 atom stereocenters. The molecule has 1 aromatic heterocycles. The summed E-state index contributed by atoms with van der Waals surface area (Å²) in [5, 5.41) is 12.0. The Bertz CT molecular complexity index is 976. The van der Waals surface area contributed by atoms with Gasteiger partial charge < -0.3 is 20.1 Å². The summed E-state index contributed by atoms with van der Waals surface area (Å²) in [6, 6.07) is 7.71. The quantitative estimate of drug-likeness (QED) is 0.739. The first-order valence-electron chi connectivity index (χ1n) is 10.8. The van der Waals surface area contributed by atoms with Crippen LogP contribution in [0.25, 0.3) is 11.3 Å². The van der Waals surface area contributed by atoms with E-state index in [1.807, 2.05) is 32.0 Å². The van der Waals surface area contributed by atoms with Crippen molar-refractivity contribution in [2.75, 3.05) is 18.5 Å². The van der Waals surface area contributed by atoms with E-state index in [2.05, 4.69) is 15.3 Å². The van der Waals surface area contributed by atoms with Crippen molar-refractivity contribution in [3.05, 3.63) is 36.2 Å². The number of amides is 2. The molecule has 1 aliphatic carbocycles. The second-order valence-corrected chi connectivity index (χ2v) is 8.39. The van der Waals surface area contributed by atoms with Gasteiger partial charge in [0.05, 0.1) is 5.69 Å². The number of aryl methyl sites for hydroxylation is 1. The molecular formula is C23H28N4O4. The predicted molar refractivity (Wildman–Crippen MR) is 115 cm³/mol. The van der Waals surface area contributed by atoms with Gasteiger partial charge in [0.15, 0.2) is 0 Å². The average Bonchev–Trinajstić information content (AvgIpc) is 3.60. The molecule has 164 valence electrons. The van der Waals surface area contributed by atoms with Crippen molar-refractivity contribution >= 4 is 17.6 Å². The Morgan fingerprint density at radius 2 is 2.03 bits per heavy atom. The number of anilines is 1. The number of carbonyl (C=O) groups excluding carboxylic acids is 2. The summed E-state index contributed by atoms with van der Waals surface area (Å²) < 4.78 is 6.23. The highest BCUT2D eigenvalue weighted by Gasteiger charge is 2.30. The number of rotatable bonds is 6. The summed E-state index contributed by atoms with van der Waals surface area (Å²) in [6.07, 6.45) is 4.82. The van der Waals surface area contributed by atoms with Gasteiger partial charge in [-0.05, 0) is 50.5 Å². The number of aliphatic hydroxyl groups excluding tert-OH is 1. The van der Waals surface area contributed by atoms with Crippen LogP contribution in [0.3, 0.4) is 0 Å². The molecule has 2 fully saturated rings. The fourth-order valence-electron chi connectivity index (χ4n) is 3.98. The van der Waals surface area contributed by atoms with Crippen LogP contribution in [0.1, 0.15) is 38.2 Å². The van der Waals surface area contributed by atoms with Crippen LogP contribution in [0.2, 0.25) is 0 Å². The molecule has 2 aliphatic rings. The highest BCUT2D eigenvalue weighted by Crippen LogP contribution is 2.31. The molecular weight excluding hydrogens is 396 g/mol. The Morgan fingerprint density at radius 3 is 2.71 bits per heavy atom. The van der Waals surface area contributed by atoms with Gasteiger partial charge in [-0.1, -0.05) is 0 Å². The number of nitrogens with one attached hydrogen (secondary N) is 1. The number of nitrogens with zero attached hydrogens (tertiary/aromatic N) is 3. The van der Waals surface area contributed by atoms with Crippen LogP contribution in [0.4, 0.5) is 5.82 Å². The molecule has 0 spiro atoms. The van der Waals surface area contributed by atoms with Crippen molar-refractivity contribution in [2.45, 2.75) is 51.7 Å². The van der Waals surface area contributed by atoms with Crippen LogP contribution in [0, 0.1) is 12.8 Å². The third-order valence-corrected chi connectivity index (χ3v) is 5.91. The highest BCUT2D eigenvalue weighted by molar-refractivity contribution is 5.93. The number of hydrogen-bond acceptors (Lipinski definition) is 6. The molecule has 2 amide bonds. The van der Waals surface area contributed by atoms with E-state index in [1.165, 1.54) is 6.33 Å². The molecule has 1 saturated heterocycles. The maximum atomic E-state index is 12.0. The number of piperidine rings is 1. The Balaban J connectivity index is 1.42. The first kappa shape index (κ1) is 21.2. The molecule has 0 unspecified atom stereocenters. The summed E-state index contributed by atoms with van der Waals surface area (Å²) in [7, 11) is 0. The van der Waals surface area contributed by atoms with E-state index in [9.17, 15) is 9.59 Å². The zero-order chi connectivity index (χ0) is 22.0. The minimum atomic E-state index is -0.453. The van der Waals surface area contributed by atoms with Gasteiger partial charge in [0.25, 0.3) is 0 Å². The Morgan fingerprint density at radius 1 is 1.23 bits per heavy atom. The third-order valence-electron chi connectivity index (χ3n) is 5.91. The molecule has 8 heteroatoms. The van der Waals surface area contributed by atoms with E-state index in [1.54, 1.807) is 11.0 Å². The Hall–Kier alpha value is -3.00. The number of aliphatic hydroxyl groups is 1. The monoisotopic (exact) mass is 424 g/mol. The highest BCUT2D eigenvalue weighted by atomic mass is 16.5. The molecule has 2 N–H and O–H groups in total. The Labute approximate surface area is 181 Å². The second kappa shape index (κ2) is 9.01. The molecule has 1 aromatic carbocycles. The summed E-state index contributed by atoms with van der Waals surface area (Å²) >= 11 is 0. The smallest absolute Gasteiger partial charge is 0.248 e. The zero-order valence-corrected chi connectivity index (χ0v) is 17.9. The van der Waals surface area contributed by atoms with Crippen LogP contribution in [0.5, 0.6) is 5.75 Å². The van der Waals surface area contributed by atoms with Crippen molar-refractivity contribution in [2.24, 2.45) is 5.92 Å². The fraction of sp³-hybridized carbons (Fsp3) is 0.478. The lowest BCUT2D eigenvalue weighted by Gasteiger charge is -2.37. The number of ether oxygens (including phenoxy) is 1. The largest absolute Gasteiger partial charge is 0.490 e. The minimum absolute atomic E-state index is 0.0190. The predicted octanol–water partition coefficient (Wildman–Crippen LogP) is 2.55. The summed E-state index contributed by atoms with van der Waals surface area (Å²) in [4.78, 5) is 34.0. The number of benzene rings is 1. The number of likely N-dealkylation sites (tertiary alicyclic amines) is 1. The van der Waals surface area contributed by atoms with Gasteiger partial charge in [-0.3, -0.25) is 9.59 Å². The molecule has 4 rings (SSSR count). The SMILES string of the molecule is Cc1cc(-c2cc(NC(=O)C3CC3)ncn2)ccc1O[C@H]1CCN(C(=O)CO)[C@@H](C)C1. The van der Waals surface area contributed by atoms with Gasteiger partial charge >= 0.3 is 0 Å². The van der Waals surface area contributed by atoms with Gasteiger partial charge in [0.2, 0.25) is 11.8 Å². The van der Waals surface area contributed by atoms with Crippen LogP contribution in [-0.2, 0) is 9.59 Å². The van der Waals surface area contributed by atoms with Crippen molar-refractivity contribution in [3.63, 3.8) is 0 Å². The first-order chi connectivity index (χ1) is 14.9. The van der Waals surface area contributed by atoms with Crippen LogP contribution in [-0.4, -0.2) is 57.1 Å². The van der Waals surface area contributed by atoms with Gasteiger partial charge in [0.1, 0.15) is 30.6 Å². The Kier molecular flexibility index (Phi) is 6.18. The first-order valence-corrected chi connectivity index (χ1v) is 10.8. The number of carbonyl (C=O) groups is 2. The fourth-order valence-corrected chi connectivity index (χ4v) is 3.98. The maximum absolute atomic E-state index is 12.0. The molecule has 2 heterocycles. The summed E-state index contributed by atoms with van der Waals surface area (Å²) in [6.45, 7) is 4.10. The standard InChI is InChI=1S/C23H28N4O4/c1-14-9-17(19-11-21(25-13-24-19)26-23(30)16-3-4-16)5-6-20(14)31-18-7-8-27(15(2)10-18)22(29)12-28/h5-6,9,11,13,15-16,18,28H,3-4,7-8,10,12H2,1-2H3,(H,24,25,26,30)/t15-,18-/m0/s1. The molecule has 0 bridgehead atoms. The minimum Gasteiger partial charge on any atom is -0.490 e. The van der Waals surface area contributed by atoms with Crippen molar-refractivity contribution in [1.82, 2.24) is 14.9 Å².